The van der Waals surface area contributed by atoms with Crippen LogP contribution in [0.1, 0.15) is 35.2 Å². The van der Waals surface area contributed by atoms with Gasteiger partial charge in [-0.25, -0.2) is 4.98 Å². The molecule has 1 saturated heterocycles. The number of aromatic nitrogens is 3. The van der Waals surface area contributed by atoms with E-state index in [-0.39, 0.29) is 5.91 Å². The quantitative estimate of drug-likeness (QED) is 0.516. The number of aromatic amines is 1. The largest absolute Gasteiger partial charge is 0.339 e. The molecule has 5 rings (SSSR count). The van der Waals surface area contributed by atoms with Crippen LogP contribution in [0.4, 0.5) is 0 Å². The molecule has 5 nitrogen and oxygen atoms in total. The molecule has 30 heavy (non-hydrogen) atoms. The zero-order valence-electron chi connectivity index (χ0n) is 17.1. The summed E-state index contributed by atoms with van der Waals surface area (Å²) in [5, 5.41) is 8.41. The molecular weight excluding hydrogens is 372 g/mol. The molecule has 1 aliphatic heterocycles. The molecule has 0 aliphatic carbocycles. The Morgan fingerprint density at radius 2 is 1.67 bits per heavy atom. The summed E-state index contributed by atoms with van der Waals surface area (Å²) in [7, 11) is 0. The van der Waals surface area contributed by atoms with Gasteiger partial charge in [0.1, 0.15) is 0 Å². The highest BCUT2D eigenvalue weighted by Crippen LogP contribution is 2.32. The van der Waals surface area contributed by atoms with Crippen LogP contribution in [0.2, 0.25) is 0 Å². The molecule has 0 unspecified atom stereocenters. The van der Waals surface area contributed by atoms with Gasteiger partial charge in [0.25, 0.3) is 5.91 Å². The van der Waals surface area contributed by atoms with Crippen molar-refractivity contribution < 1.29 is 4.79 Å². The van der Waals surface area contributed by atoms with Gasteiger partial charge >= 0.3 is 0 Å². The molecule has 0 spiro atoms. The summed E-state index contributed by atoms with van der Waals surface area (Å²) in [4.78, 5) is 20.4. The fourth-order valence-electron chi connectivity index (χ4n) is 4.15. The van der Waals surface area contributed by atoms with Crippen molar-refractivity contribution in [1.29, 1.82) is 0 Å². The molecule has 2 aromatic carbocycles. The highest BCUT2D eigenvalue weighted by atomic mass is 16.2. The lowest BCUT2D eigenvalue weighted by atomic mass is 10.0. The van der Waals surface area contributed by atoms with Crippen LogP contribution in [0.3, 0.4) is 0 Å². The monoisotopic (exact) mass is 396 g/mol. The normalized spacial score (nSPS) is 14.2. The molecule has 0 saturated carbocycles. The van der Waals surface area contributed by atoms with E-state index in [2.05, 4.69) is 29.3 Å². The SMILES string of the molecule is Cc1ccc(-c2cc(C(=O)N3CCCCC3)c3c(-c4ccccc4)[nH]nc3n2)cc1. The maximum absolute atomic E-state index is 13.6. The number of fused-ring (bicyclic) bond motifs is 1. The second kappa shape index (κ2) is 7.75. The maximum Gasteiger partial charge on any atom is 0.254 e. The Balaban J connectivity index is 1.70. The van der Waals surface area contributed by atoms with E-state index >= 15 is 0 Å². The van der Waals surface area contributed by atoms with Gasteiger partial charge in [0.15, 0.2) is 5.65 Å². The topological polar surface area (TPSA) is 61.9 Å². The Morgan fingerprint density at radius 1 is 0.933 bits per heavy atom. The predicted octanol–water partition coefficient (Wildman–Crippen LogP) is 5.23. The van der Waals surface area contributed by atoms with Gasteiger partial charge in [0.2, 0.25) is 0 Å². The summed E-state index contributed by atoms with van der Waals surface area (Å²) in [6, 6.07) is 20.2. The number of hydrogen-bond donors (Lipinski definition) is 1. The van der Waals surface area contributed by atoms with Crippen molar-refractivity contribution in [3.63, 3.8) is 0 Å². The summed E-state index contributed by atoms with van der Waals surface area (Å²) in [6.45, 7) is 3.67. The Hall–Kier alpha value is -3.47. The number of aryl methyl sites for hydroxylation is 1. The number of nitrogens with zero attached hydrogens (tertiary/aromatic N) is 3. The van der Waals surface area contributed by atoms with E-state index in [9.17, 15) is 4.79 Å². The smallest absolute Gasteiger partial charge is 0.254 e. The van der Waals surface area contributed by atoms with E-state index in [0.29, 0.717) is 11.2 Å². The minimum absolute atomic E-state index is 0.0639. The van der Waals surface area contributed by atoms with E-state index in [4.69, 9.17) is 4.98 Å². The molecule has 5 heteroatoms. The van der Waals surface area contributed by atoms with Crippen LogP contribution in [0.15, 0.2) is 60.7 Å². The first kappa shape index (κ1) is 18.6. The molecular formula is C25H24N4O. The third-order valence-electron chi connectivity index (χ3n) is 5.81. The van der Waals surface area contributed by atoms with Crippen molar-refractivity contribution in [2.45, 2.75) is 26.2 Å². The third-order valence-corrected chi connectivity index (χ3v) is 5.81. The lowest BCUT2D eigenvalue weighted by Gasteiger charge is -2.27. The number of likely N-dealkylation sites (tertiary alicyclic amines) is 1. The molecule has 0 bridgehead atoms. The van der Waals surface area contributed by atoms with E-state index < -0.39 is 0 Å². The van der Waals surface area contributed by atoms with E-state index in [0.717, 1.165) is 53.8 Å². The molecule has 1 aliphatic rings. The lowest BCUT2D eigenvalue weighted by molar-refractivity contribution is 0.0726. The highest BCUT2D eigenvalue weighted by Gasteiger charge is 2.25. The number of carbonyl (C=O) groups excluding carboxylic acids is 1. The number of rotatable bonds is 3. The van der Waals surface area contributed by atoms with Gasteiger partial charge in [-0.15, -0.1) is 0 Å². The number of carbonyl (C=O) groups is 1. The first-order chi connectivity index (χ1) is 14.7. The summed E-state index contributed by atoms with van der Waals surface area (Å²) >= 11 is 0. The molecule has 1 amide bonds. The van der Waals surface area contributed by atoms with Crippen molar-refractivity contribution in [1.82, 2.24) is 20.1 Å². The number of piperidine rings is 1. The molecule has 2 aromatic heterocycles. The average Bonchev–Trinajstić information content (AvgIpc) is 3.24. The Kier molecular flexibility index (Phi) is 4.79. The Labute approximate surface area is 175 Å². The van der Waals surface area contributed by atoms with Crippen LogP contribution in [0.25, 0.3) is 33.5 Å². The van der Waals surface area contributed by atoms with Crippen LogP contribution in [-0.4, -0.2) is 39.1 Å². The van der Waals surface area contributed by atoms with Crippen molar-refractivity contribution in [2.24, 2.45) is 0 Å². The zero-order chi connectivity index (χ0) is 20.5. The van der Waals surface area contributed by atoms with Crippen LogP contribution >= 0.6 is 0 Å². The van der Waals surface area contributed by atoms with E-state index in [1.807, 2.05) is 53.4 Å². The summed E-state index contributed by atoms with van der Waals surface area (Å²) < 4.78 is 0. The number of H-pyrrole nitrogens is 1. The summed E-state index contributed by atoms with van der Waals surface area (Å²) in [5.74, 6) is 0.0639. The van der Waals surface area contributed by atoms with Crippen LogP contribution in [0, 0.1) is 6.92 Å². The number of pyridine rings is 1. The highest BCUT2D eigenvalue weighted by molar-refractivity contribution is 6.11. The zero-order valence-corrected chi connectivity index (χ0v) is 17.1. The number of nitrogens with one attached hydrogen (secondary N) is 1. The van der Waals surface area contributed by atoms with Crippen LogP contribution in [-0.2, 0) is 0 Å². The number of benzene rings is 2. The van der Waals surface area contributed by atoms with Crippen LogP contribution < -0.4 is 0 Å². The maximum atomic E-state index is 13.6. The van der Waals surface area contributed by atoms with Gasteiger partial charge in [0, 0.05) is 24.2 Å². The first-order valence-electron chi connectivity index (χ1n) is 10.5. The van der Waals surface area contributed by atoms with Gasteiger partial charge in [0.05, 0.1) is 22.3 Å². The molecule has 4 aromatic rings. The summed E-state index contributed by atoms with van der Waals surface area (Å²) in [6.07, 6.45) is 3.30. The third kappa shape index (κ3) is 3.36. The van der Waals surface area contributed by atoms with Gasteiger partial charge in [-0.1, -0.05) is 60.2 Å². The van der Waals surface area contributed by atoms with Crippen LogP contribution in [0.5, 0.6) is 0 Å². The Bertz CT molecular complexity index is 1190. The number of hydrogen-bond acceptors (Lipinski definition) is 3. The second-order valence-electron chi connectivity index (χ2n) is 7.94. The van der Waals surface area contributed by atoms with Gasteiger partial charge in [-0.3, -0.25) is 9.89 Å². The lowest BCUT2D eigenvalue weighted by Crippen LogP contribution is -2.35. The molecule has 1 fully saturated rings. The minimum Gasteiger partial charge on any atom is -0.339 e. The summed E-state index contributed by atoms with van der Waals surface area (Å²) in [5.41, 5.74) is 6.04. The van der Waals surface area contributed by atoms with Crippen molar-refractivity contribution in [3.8, 4) is 22.5 Å². The van der Waals surface area contributed by atoms with Gasteiger partial charge < -0.3 is 4.90 Å². The van der Waals surface area contributed by atoms with Crippen molar-refractivity contribution in [2.75, 3.05) is 13.1 Å². The standard InChI is InChI=1S/C25H24N4O/c1-17-10-12-18(13-11-17)21-16-20(25(30)29-14-6-3-7-15-29)22-23(27-28-24(22)26-21)19-8-4-2-5-9-19/h2,4-5,8-13,16H,3,6-7,14-15H2,1H3,(H,26,27,28). The molecule has 1 N–H and O–H groups in total. The second-order valence-corrected chi connectivity index (χ2v) is 7.94. The molecule has 0 atom stereocenters. The fourth-order valence-corrected chi connectivity index (χ4v) is 4.15. The van der Waals surface area contributed by atoms with Gasteiger partial charge in [-0.05, 0) is 32.3 Å². The molecule has 0 radical (unpaired) electrons. The van der Waals surface area contributed by atoms with Gasteiger partial charge in [-0.2, -0.15) is 5.10 Å². The minimum atomic E-state index is 0.0639. The van der Waals surface area contributed by atoms with E-state index in [1.165, 1.54) is 12.0 Å². The van der Waals surface area contributed by atoms with Crippen molar-refractivity contribution in [3.05, 3.63) is 71.8 Å². The number of amides is 1. The Morgan fingerprint density at radius 3 is 2.40 bits per heavy atom. The molecule has 150 valence electrons. The molecule has 3 heterocycles. The fraction of sp³-hybridized carbons (Fsp3) is 0.240. The van der Waals surface area contributed by atoms with E-state index in [1.54, 1.807) is 0 Å². The van der Waals surface area contributed by atoms with Crippen molar-refractivity contribution >= 4 is 16.9 Å². The predicted molar refractivity (Wildman–Crippen MR) is 119 cm³/mol. The first-order valence-corrected chi connectivity index (χ1v) is 10.5. The average molecular weight is 396 g/mol.